The maximum absolute atomic E-state index is 6.86. The lowest BCUT2D eigenvalue weighted by molar-refractivity contribution is 0.669. The lowest BCUT2D eigenvalue weighted by Gasteiger charge is -2.33. The van der Waals surface area contributed by atoms with E-state index in [1.807, 2.05) is 0 Å². The minimum atomic E-state index is 0.822. The lowest BCUT2D eigenvalue weighted by Crippen LogP contribution is -2.17. The summed E-state index contributed by atoms with van der Waals surface area (Å²) in [6.45, 7) is 0. The maximum atomic E-state index is 6.86. The predicted octanol–water partition coefficient (Wildman–Crippen LogP) is 16.7. The molecule has 1 heterocycles. The molecule has 0 aliphatic carbocycles. The number of fused-ring (bicyclic) bond motifs is 5. The lowest BCUT2D eigenvalue weighted by atomic mass is 10.0. The highest BCUT2D eigenvalue weighted by Crippen LogP contribution is 2.50. The first-order valence-electron chi connectivity index (χ1n) is 20.7. The van der Waals surface area contributed by atoms with Crippen LogP contribution in [0.4, 0.5) is 34.1 Å². The number of furan rings is 1. The molecule has 0 unspecified atom stereocenters. The Labute approximate surface area is 355 Å². The third-order valence-electron chi connectivity index (χ3n) is 11.6. The van der Waals surface area contributed by atoms with Crippen molar-refractivity contribution in [3.8, 4) is 33.4 Å². The van der Waals surface area contributed by atoms with Crippen LogP contribution < -0.4 is 9.80 Å². The van der Waals surface area contributed by atoms with Gasteiger partial charge < -0.3 is 14.2 Å². The van der Waals surface area contributed by atoms with Gasteiger partial charge in [-0.25, -0.2) is 0 Å². The van der Waals surface area contributed by atoms with Crippen LogP contribution in [-0.4, -0.2) is 0 Å². The maximum Gasteiger partial charge on any atom is 0.137 e. The van der Waals surface area contributed by atoms with Crippen LogP contribution in [0.15, 0.2) is 247 Å². The summed E-state index contributed by atoms with van der Waals surface area (Å²) >= 11 is 0. The highest BCUT2D eigenvalue weighted by Gasteiger charge is 2.26. The van der Waals surface area contributed by atoms with E-state index in [4.69, 9.17) is 4.42 Å². The van der Waals surface area contributed by atoms with E-state index in [-0.39, 0.29) is 0 Å². The largest absolute Gasteiger partial charge is 0.456 e. The molecule has 10 aromatic carbocycles. The first-order chi connectivity index (χ1) is 30.2. The Bertz CT molecular complexity index is 3270. The smallest absolute Gasteiger partial charge is 0.137 e. The Kier molecular flexibility index (Phi) is 9.18. The second kappa shape index (κ2) is 15.6. The van der Waals surface area contributed by atoms with Crippen molar-refractivity contribution in [1.29, 1.82) is 0 Å². The zero-order chi connectivity index (χ0) is 40.5. The van der Waals surface area contributed by atoms with Crippen LogP contribution in [0, 0.1) is 0 Å². The average Bonchev–Trinajstić information content (AvgIpc) is 3.71. The number of hydrogen-bond acceptors (Lipinski definition) is 3. The Morgan fingerprint density at radius 2 is 0.705 bits per heavy atom. The Morgan fingerprint density at radius 3 is 1.31 bits per heavy atom. The van der Waals surface area contributed by atoms with Gasteiger partial charge in [-0.3, -0.25) is 0 Å². The molecule has 0 aliphatic rings. The second-order valence-corrected chi connectivity index (χ2v) is 15.3. The predicted molar refractivity (Wildman–Crippen MR) is 257 cm³/mol. The van der Waals surface area contributed by atoms with Crippen molar-refractivity contribution in [3.63, 3.8) is 0 Å². The number of hydrogen-bond donors (Lipinski definition) is 0. The molecule has 11 rings (SSSR count). The van der Waals surface area contributed by atoms with Crippen molar-refractivity contribution in [1.82, 2.24) is 0 Å². The molecule has 3 nitrogen and oxygen atoms in total. The summed E-state index contributed by atoms with van der Waals surface area (Å²) in [6, 6.07) is 86.6. The number of nitrogens with zero attached hydrogens (tertiary/aromatic N) is 2. The van der Waals surface area contributed by atoms with Crippen molar-refractivity contribution < 1.29 is 4.42 Å². The van der Waals surface area contributed by atoms with Gasteiger partial charge in [0.1, 0.15) is 11.2 Å². The monoisotopic (exact) mass is 780 g/mol. The molecule has 0 spiro atoms. The summed E-state index contributed by atoms with van der Waals surface area (Å²) in [5.41, 5.74) is 14.8. The van der Waals surface area contributed by atoms with Crippen LogP contribution in [0.2, 0.25) is 0 Å². The molecule has 61 heavy (non-hydrogen) atoms. The molecule has 3 heteroatoms. The zero-order valence-corrected chi connectivity index (χ0v) is 33.4. The molecule has 0 N–H and O–H groups in total. The molecule has 0 amide bonds. The van der Waals surface area contributed by atoms with Gasteiger partial charge in [0.2, 0.25) is 0 Å². The number of benzene rings is 10. The van der Waals surface area contributed by atoms with E-state index in [0.29, 0.717) is 0 Å². The van der Waals surface area contributed by atoms with Gasteiger partial charge in [0.25, 0.3) is 0 Å². The highest BCUT2D eigenvalue weighted by molar-refractivity contribution is 6.20. The van der Waals surface area contributed by atoms with E-state index in [2.05, 4.69) is 252 Å². The fourth-order valence-electron chi connectivity index (χ4n) is 8.68. The summed E-state index contributed by atoms with van der Waals surface area (Å²) in [4.78, 5) is 4.77. The number of para-hydroxylation sites is 1. The molecule has 0 fully saturated rings. The van der Waals surface area contributed by atoms with Gasteiger partial charge in [-0.2, -0.15) is 0 Å². The molecule has 0 aliphatic heterocycles. The van der Waals surface area contributed by atoms with Gasteiger partial charge in [-0.05, 0) is 105 Å². The van der Waals surface area contributed by atoms with Crippen molar-refractivity contribution in [2.75, 3.05) is 9.80 Å². The molecule has 0 radical (unpaired) electrons. The fourth-order valence-corrected chi connectivity index (χ4v) is 8.68. The summed E-state index contributed by atoms with van der Waals surface area (Å²) in [6.07, 6.45) is 0. The van der Waals surface area contributed by atoms with Gasteiger partial charge in [-0.1, -0.05) is 176 Å². The van der Waals surface area contributed by atoms with Crippen LogP contribution in [-0.2, 0) is 0 Å². The molecular formula is C58H40N2O. The van der Waals surface area contributed by atoms with Crippen molar-refractivity contribution in [3.05, 3.63) is 243 Å². The van der Waals surface area contributed by atoms with E-state index >= 15 is 0 Å². The van der Waals surface area contributed by atoms with Crippen LogP contribution in [0.5, 0.6) is 0 Å². The van der Waals surface area contributed by atoms with Gasteiger partial charge >= 0.3 is 0 Å². The third kappa shape index (κ3) is 6.78. The van der Waals surface area contributed by atoms with Gasteiger partial charge in [0.05, 0.1) is 11.4 Å². The molecule has 11 aromatic rings. The number of anilines is 6. The van der Waals surface area contributed by atoms with E-state index < -0.39 is 0 Å². The Morgan fingerprint density at radius 1 is 0.262 bits per heavy atom. The van der Waals surface area contributed by atoms with Crippen LogP contribution >= 0.6 is 0 Å². The van der Waals surface area contributed by atoms with Crippen molar-refractivity contribution in [2.24, 2.45) is 0 Å². The normalized spacial score (nSPS) is 11.3. The summed E-state index contributed by atoms with van der Waals surface area (Å²) in [5, 5.41) is 4.51. The Hall–Kier alpha value is -8.14. The minimum Gasteiger partial charge on any atom is -0.456 e. The fraction of sp³-hybridized carbons (Fsp3) is 0. The SMILES string of the molecule is c1ccc(-c2ccc(N(c3cccc(-c4ccccc4)c3)c3cc4oc5ccc6ccccc6c5c4cc3N(c3ccccc3)c3ccc(-c4ccccc4)cc3)cc2)cc1. The molecule has 0 saturated carbocycles. The number of rotatable bonds is 9. The molecule has 0 saturated heterocycles. The van der Waals surface area contributed by atoms with E-state index in [1.165, 1.54) is 21.9 Å². The standard InChI is InChI=1S/C58H40N2O/c1-5-16-41(17-6-1)44-28-33-49(34-29-44)59(48-24-11-4-12-25-48)54-39-53-57(61-56-37-32-46-22-13-14-27-52(46)58(53)56)40-55(54)60(50-35-30-45(31-36-50)42-18-7-2-8-19-42)51-26-15-23-47(38-51)43-20-9-3-10-21-43/h1-40H. The molecule has 1 aromatic heterocycles. The van der Waals surface area contributed by atoms with Crippen molar-refractivity contribution >= 4 is 66.8 Å². The van der Waals surface area contributed by atoms with Gasteiger partial charge in [0.15, 0.2) is 0 Å². The first-order valence-corrected chi connectivity index (χ1v) is 20.7. The van der Waals surface area contributed by atoms with E-state index in [9.17, 15) is 0 Å². The topological polar surface area (TPSA) is 19.6 Å². The summed E-state index contributed by atoms with van der Waals surface area (Å²) in [5.74, 6) is 0. The molecule has 0 atom stereocenters. The molecule has 288 valence electrons. The summed E-state index contributed by atoms with van der Waals surface area (Å²) < 4.78 is 6.86. The van der Waals surface area contributed by atoms with Crippen molar-refractivity contribution in [2.45, 2.75) is 0 Å². The molecular weight excluding hydrogens is 741 g/mol. The van der Waals surface area contributed by atoms with E-state index in [0.717, 1.165) is 78.3 Å². The second-order valence-electron chi connectivity index (χ2n) is 15.3. The first kappa shape index (κ1) is 36.0. The quantitative estimate of drug-likeness (QED) is 0.145. The highest BCUT2D eigenvalue weighted by atomic mass is 16.3. The van der Waals surface area contributed by atoms with Gasteiger partial charge in [0, 0.05) is 39.6 Å². The zero-order valence-electron chi connectivity index (χ0n) is 33.4. The van der Waals surface area contributed by atoms with Crippen LogP contribution in [0.1, 0.15) is 0 Å². The van der Waals surface area contributed by atoms with Crippen LogP contribution in [0.25, 0.3) is 66.1 Å². The average molecular weight is 781 g/mol. The van der Waals surface area contributed by atoms with Crippen LogP contribution in [0.3, 0.4) is 0 Å². The van der Waals surface area contributed by atoms with E-state index in [1.54, 1.807) is 0 Å². The summed E-state index contributed by atoms with van der Waals surface area (Å²) in [7, 11) is 0. The van der Waals surface area contributed by atoms with Gasteiger partial charge in [-0.15, -0.1) is 0 Å². The minimum absolute atomic E-state index is 0.822. The molecule has 0 bridgehead atoms. The Balaban J connectivity index is 1.20. The third-order valence-corrected chi connectivity index (χ3v) is 11.6.